The number of halogens is 3. The fourth-order valence-electron chi connectivity index (χ4n) is 13.0. The molecule has 0 aliphatic heterocycles. The molecule has 0 saturated carbocycles. The molecule has 10 heteroatoms. The third kappa shape index (κ3) is 6.05. The lowest BCUT2D eigenvalue weighted by molar-refractivity contribution is -0.137. The van der Waals surface area contributed by atoms with Crippen LogP contribution in [0.1, 0.15) is 16.7 Å². The maximum absolute atomic E-state index is 15.2. The lowest BCUT2D eigenvalue weighted by Gasteiger charge is -2.27. The summed E-state index contributed by atoms with van der Waals surface area (Å²) in [5.41, 5.74) is 8.94. The molecule has 5 aromatic heterocycles. The van der Waals surface area contributed by atoms with Crippen LogP contribution in [0.25, 0.3) is 143 Å². The summed E-state index contributed by atoms with van der Waals surface area (Å²) in [5, 5.41) is 33.9. The number of fused-ring (bicyclic) bond motifs is 16. The van der Waals surface area contributed by atoms with Gasteiger partial charge in [0.2, 0.25) is 0 Å². The molecule has 0 unspecified atom stereocenters. The Kier molecular flexibility index (Phi) is 9.20. The minimum atomic E-state index is -4.67. The van der Waals surface area contributed by atoms with Gasteiger partial charge in [0.05, 0.1) is 77.8 Å². The molecule has 370 valence electrons. The summed E-state index contributed by atoms with van der Waals surface area (Å²) in [6.45, 7) is 0. The van der Waals surface area contributed by atoms with Gasteiger partial charge in [0.25, 0.3) is 0 Å². The molecule has 0 saturated heterocycles. The molecule has 16 rings (SSSR count). The van der Waals surface area contributed by atoms with Crippen molar-refractivity contribution >= 4 is 109 Å². The van der Waals surface area contributed by atoms with E-state index in [0.29, 0.717) is 50.5 Å². The second-order valence-corrected chi connectivity index (χ2v) is 20.0. The van der Waals surface area contributed by atoms with Crippen LogP contribution in [0.3, 0.4) is 0 Å². The second-order valence-electron chi connectivity index (χ2n) is 20.0. The standard InChI is InChI=1S/C69H37F3N6O/c70-69(71,72)53-25-9-1-17-41(53)40-33-34-48-49-35-36-62-63(50-24-8-16-32-61(50)79-62)65(49)78(60(48)37-40)68-66(76-56-28-12-4-20-44(56)45-21-5-13-29-57(45)76)51(38-73)64(75-54-26-10-2-18-42(54)43-19-3-11-27-55(43)75)52(39-74)67(68)77-58-30-14-6-22-46(58)47-23-7-15-31-59(47)77/h1-37H. The van der Waals surface area contributed by atoms with Gasteiger partial charge in [-0.2, -0.15) is 23.7 Å². The molecule has 0 fully saturated rings. The zero-order chi connectivity index (χ0) is 52.8. The molecule has 11 aromatic carbocycles. The highest BCUT2D eigenvalue weighted by molar-refractivity contribution is 6.26. The Bertz CT molecular complexity index is 5100. The van der Waals surface area contributed by atoms with E-state index in [0.717, 1.165) is 93.0 Å². The first-order valence-electron chi connectivity index (χ1n) is 25.9. The molecule has 0 N–H and O–H groups in total. The number of nitrogens with zero attached hydrogens (tertiary/aromatic N) is 6. The number of nitriles is 2. The highest BCUT2D eigenvalue weighted by Crippen LogP contribution is 2.51. The summed E-state index contributed by atoms with van der Waals surface area (Å²) in [7, 11) is 0. The molecule has 79 heavy (non-hydrogen) atoms. The van der Waals surface area contributed by atoms with E-state index in [9.17, 15) is 10.5 Å². The Balaban J connectivity index is 1.25. The molecule has 7 nitrogen and oxygen atoms in total. The Morgan fingerprint density at radius 3 is 1.20 bits per heavy atom. The van der Waals surface area contributed by atoms with E-state index < -0.39 is 11.7 Å². The fraction of sp³-hybridized carbons (Fsp3) is 0.0145. The molecule has 0 aliphatic rings. The number of para-hydroxylation sites is 7. The van der Waals surface area contributed by atoms with E-state index in [1.165, 1.54) is 12.1 Å². The number of rotatable bonds is 5. The largest absolute Gasteiger partial charge is 0.456 e. The number of hydrogen-bond acceptors (Lipinski definition) is 3. The Morgan fingerprint density at radius 2 is 0.734 bits per heavy atom. The summed E-state index contributed by atoms with van der Waals surface area (Å²) >= 11 is 0. The van der Waals surface area contributed by atoms with Crippen molar-refractivity contribution in [1.29, 1.82) is 10.5 Å². The second kappa shape index (κ2) is 16.3. The lowest BCUT2D eigenvalue weighted by Crippen LogP contribution is -2.17. The third-order valence-corrected chi connectivity index (χ3v) is 16.1. The number of hydrogen-bond donors (Lipinski definition) is 0. The van der Waals surface area contributed by atoms with Gasteiger partial charge in [-0.25, -0.2) is 0 Å². The first-order chi connectivity index (χ1) is 38.8. The average molecular weight is 1020 g/mol. The molecule has 0 radical (unpaired) electrons. The van der Waals surface area contributed by atoms with Gasteiger partial charge in [-0.05, 0) is 77.9 Å². The maximum atomic E-state index is 15.2. The van der Waals surface area contributed by atoms with Crippen molar-refractivity contribution in [2.75, 3.05) is 0 Å². The van der Waals surface area contributed by atoms with Crippen molar-refractivity contribution in [2.45, 2.75) is 6.18 Å². The van der Waals surface area contributed by atoms with Crippen molar-refractivity contribution in [3.05, 3.63) is 241 Å². The Labute approximate surface area is 446 Å². The van der Waals surface area contributed by atoms with Crippen LogP contribution >= 0.6 is 0 Å². The molecule has 0 spiro atoms. The van der Waals surface area contributed by atoms with Gasteiger partial charge in [0.15, 0.2) is 0 Å². The summed E-state index contributed by atoms with van der Waals surface area (Å²) in [6, 6.07) is 77.1. The predicted octanol–water partition coefficient (Wildman–Crippen LogP) is 18.4. The zero-order valence-electron chi connectivity index (χ0n) is 41.6. The van der Waals surface area contributed by atoms with Gasteiger partial charge in [-0.3, -0.25) is 0 Å². The maximum Gasteiger partial charge on any atom is 0.417 e. The number of furan rings is 1. The molecular weight excluding hydrogens is 986 g/mol. The van der Waals surface area contributed by atoms with Crippen molar-refractivity contribution in [3.63, 3.8) is 0 Å². The fourth-order valence-corrected chi connectivity index (χ4v) is 13.0. The minimum absolute atomic E-state index is 0.00926. The number of benzene rings is 11. The SMILES string of the molecule is N#Cc1c(-n2c3ccccc3c3ccccc32)c(C#N)c(-n2c3ccccc3c3ccccc32)c(-n2c3cc(-c4ccccc4C(F)(F)F)ccc3c3ccc4oc5ccccc5c4c32)c1-n1c2ccccc2c2ccccc21. The highest BCUT2D eigenvalue weighted by atomic mass is 19.4. The quantitative estimate of drug-likeness (QED) is 0.172. The van der Waals surface area contributed by atoms with Crippen LogP contribution in [0.4, 0.5) is 13.2 Å². The smallest absolute Gasteiger partial charge is 0.417 e. The van der Waals surface area contributed by atoms with Gasteiger partial charge >= 0.3 is 6.18 Å². The van der Waals surface area contributed by atoms with Crippen LogP contribution in [-0.4, -0.2) is 18.3 Å². The molecule has 0 amide bonds. The van der Waals surface area contributed by atoms with Crippen LogP contribution < -0.4 is 0 Å². The first kappa shape index (κ1) is 44.5. The normalized spacial score (nSPS) is 12.2. The predicted molar refractivity (Wildman–Crippen MR) is 311 cm³/mol. The summed E-state index contributed by atoms with van der Waals surface area (Å²) < 4.78 is 60.8. The monoisotopic (exact) mass is 1020 g/mol. The van der Waals surface area contributed by atoms with Crippen LogP contribution in [0.2, 0.25) is 0 Å². The highest BCUT2D eigenvalue weighted by Gasteiger charge is 2.37. The Hall–Kier alpha value is -10.8. The van der Waals surface area contributed by atoms with Gasteiger partial charge in [0.1, 0.15) is 34.4 Å². The molecule has 0 aliphatic carbocycles. The molecule has 0 atom stereocenters. The van der Waals surface area contributed by atoms with Crippen LogP contribution in [0, 0.1) is 22.7 Å². The third-order valence-electron chi connectivity index (χ3n) is 16.1. The molecule has 5 heterocycles. The topological polar surface area (TPSA) is 80.4 Å². The molecular formula is C69H37F3N6O. The van der Waals surface area contributed by atoms with Gasteiger partial charge in [0, 0.05) is 48.5 Å². The van der Waals surface area contributed by atoms with Crippen LogP contribution in [0.15, 0.2) is 229 Å². The number of aromatic nitrogens is 4. The van der Waals surface area contributed by atoms with Crippen molar-refractivity contribution in [1.82, 2.24) is 18.3 Å². The Morgan fingerprint density at radius 1 is 0.342 bits per heavy atom. The average Bonchev–Trinajstić information content (AvgIpc) is 4.39. The number of alkyl halides is 3. The van der Waals surface area contributed by atoms with Crippen molar-refractivity contribution in [2.24, 2.45) is 0 Å². The molecule has 0 bridgehead atoms. The van der Waals surface area contributed by atoms with Crippen molar-refractivity contribution < 1.29 is 17.6 Å². The summed E-state index contributed by atoms with van der Waals surface area (Å²) in [4.78, 5) is 0. The summed E-state index contributed by atoms with van der Waals surface area (Å²) in [5.74, 6) is 0. The van der Waals surface area contributed by atoms with Crippen molar-refractivity contribution in [3.8, 4) is 46.0 Å². The van der Waals surface area contributed by atoms with E-state index >= 15 is 13.2 Å². The van der Waals surface area contributed by atoms with E-state index in [2.05, 4.69) is 91.1 Å². The van der Waals surface area contributed by atoms with E-state index in [1.807, 2.05) is 133 Å². The lowest BCUT2D eigenvalue weighted by atomic mass is 9.97. The van der Waals surface area contributed by atoms with Gasteiger partial charge in [-0.15, -0.1) is 0 Å². The van der Waals surface area contributed by atoms with Gasteiger partial charge < -0.3 is 22.7 Å². The zero-order valence-corrected chi connectivity index (χ0v) is 41.6. The van der Waals surface area contributed by atoms with E-state index in [4.69, 9.17) is 4.42 Å². The summed E-state index contributed by atoms with van der Waals surface area (Å²) in [6.07, 6.45) is -4.67. The first-order valence-corrected chi connectivity index (χ1v) is 25.9. The molecule has 16 aromatic rings. The van der Waals surface area contributed by atoms with Crippen LogP contribution in [-0.2, 0) is 6.18 Å². The minimum Gasteiger partial charge on any atom is -0.456 e. The van der Waals surface area contributed by atoms with E-state index in [1.54, 1.807) is 12.1 Å². The van der Waals surface area contributed by atoms with Gasteiger partial charge in [-0.1, -0.05) is 158 Å². The van der Waals surface area contributed by atoms with Crippen LogP contribution in [0.5, 0.6) is 0 Å². The van der Waals surface area contributed by atoms with E-state index in [-0.39, 0.29) is 16.7 Å².